The lowest BCUT2D eigenvalue weighted by molar-refractivity contribution is 0.0349. The van der Waals surface area contributed by atoms with E-state index in [1.54, 1.807) is 32.9 Å². The Kier molecular flexibility index (Phi) is 5.02. The van der Waals surface area contributed by atoms with Crippen molar-refractivity contribution in [2.75, 3.05) is 0 Å². The maximum Gasteiger partial charge on any atom is 0.305 e. The number of hydrogen-bond acceptors (Lipinski definition) is 3. The fourth-order valence-corrected chi connectivity index (χ4v) is 2.36. The first-order valence-electron chi connectivity index (χ1n) is 6.84. The van der Waals surface area contributed by atoms with Gasteiger partial charge in [-0.05, 0) is 51.1 Å². The molecule has 0 saturated heterocycles. The second-order valence-corrected chi connectivity index (χ2v) is 6.70. The molecular formula is C16H16Cl2N2O3. The lowest BCUT2D eigenvalue weighted by Gasteiger charge is -2.35. The number of halogens is 2. The lowest BCUT2D eigenvalue weighted by atomic mass is 10.1. The van der Waals surface area contributed by atoms with Crippen molar-refractivity contribution in [3.8, 4) is 0 Å². The number of furan rings is 1. The van der Waals surface area contributed by atoms with E-state index in [0.29, 0.717) is 5.02 Å². The van der Waals surface area contributed by atoms with E-state index in [0.717, 1.165) is 0 Å². The minimum absolute atomic E-state index is 0.106. The SMILES string of the molecule is CC(C)(C)N(NC(=O)c1ccco1)C(=O)c1ccc(Cl)cc1Cl. The molecule has 7 heteroatoms. The number of nitrogens with one attached hydrogen (secondary N) is 1. The summed E-state index contributed by atoms with van der Waals surface area (Å²) in [5.74, 6) is -0.864. The molecule has 0 fully saturated rings. The third kappa shape index (κ3) is 4.06. The summed E-state index contributed by atoms with van der Waals surface area (Å²) >= 11 is 11.9. The molecular weight excluding hydrogens is 339 g/mol. The van der Waals surface area contributed by atoms with Gasteiger partial charge in [0.05, 0.1) is 22.4 Å². The predicted octanol–water partition coefficient (Wildman–Crippen LogP) is 4.17. The maximum atomic E-state index is 12.8. The molecule has 0 aliphatic heterocycles. The quantitative estimate of drug-likeness (QED) is 0.823. The highest BCUT2D eigenvalue weighted by molar-refractivity contribution is 6.36. The van der Waals surface area contributed by atoms with Crippen molar-refractivity contribution in [3.05, 3.63) is 58.0 Å². The van der Waals surface area contributed by atoms with Crippen LogP contribution in [-0.2, 0) is 0 Å². The van der Waals surface area contributed by atoms with Crippen LogP contribution in [0.25, 0.3) is 0 Å². The standard InChI is InChI=1S/C16H16Cl2N2O3/c1-16(2,3)20(19-14(21)13-5-4-8-23-13)15(22)11-7-6-10(17)9-12(11)18/h4-9H,1-3H3,(H,19,21). The van der Waals surface area contributed by atoms with Gasteiger partial charge in [-0.15, -0.1) is 0 Å². The van der Waals surface area contributed by atoms with Crippen molar-refractivity contribution in [1.29, 1.82) is 0 Å². The third-order valence-electron chi connectivity index (χ3n) is 2.99. The normalized spacial score (nSPS) is 11.2. The molecule has 2 amide bonds. The summed E-state index contributed by atoms with van der Waals surface area (Å²) in [5, 5.41) is 1.85. The van der Waals surface area contributed by atoms with Crippen LogP contribution < -0.4 is 5.43 Å². The zero-order chi connectivity index (χ0) is 17.2. The van der Waals surface area contributed by atoms with E-state index in [9.17, 15) is 9.59 Å². The summed E-state index contributed by atoms with van der Waals surface area (Å²) in [6.07, 6.45) is 1.38. The van der Waals surface area contributed by atoms with E-state index in [1.807, 2.05) is 0 Å². The van der Waals surface area contributed by atoms with Crippen molar-refractivity contribution in [3.63, 3.8) is 0 Å². The van der Waals surface area contributed by atoms with E-state index in [-0.39, 0.29) is 16.3 Å². The number of rotatable bonds is 2. The molecule has 5 nitrogen and oxygen atoms in total. The average Bonchev–Trinajstić information content (AvgIpc) is 2.96. The Morgan fingerprint density at radius 3 is 2.39 bits per heavy atom. The van der Waals surface area contributed by atoms with Crippen molar-refractivity contribution in [2.45, 2.75) is 26.3 Å². The number of amides is 2. The van der Waals surface area contributed by atoms with E-state index in [1.165, 1.54) is 29.5 Å². The van der Waals surface area contributed by atoms with Crippen LogP contribution in [0.15, 0.2) is 41.0 Å². The Labute approximate surface area is 144 Å². The van der Waals surface area contributed by atoms with Crippen LogP contribution in [0.3, 0.4) is 0 Å². The van der Waals surface area contributed by atoms with Gasteiger partial charge in [-0.2, -0.15) is 0 Å². The summed E-state index contributed by atoms with van der Waals surface area (Å²) in [5.41, 5.74) is 2.12. The number of hydrogen-bond donors (Lipinski definition) is 1. The average molecular weight is 355 g/mol. The van der Waals surface area contributed by atoms with Gasteiger partial charge in [0.25, 0.3) is 5.91 Å². The molecule has 0 radical (unpaired) electrons. The van der Waals surface area contributed by atoms with Crippen LogP contribution >= 0.6 is 23.2 Å². The van der Waals surface area contributed by atoms with Crippen LogP contribution in [0.5, 0.6) is 0 Å². The minimum atomic E-state index is -0.678. The Morgan fingerprint density at radius 2 is 1.87 bits per heavy atom. The summed E-state index contributed by atoms with van der Waals surface area (Å²) in [6.45, 7) is 5.37. The molecule has 2 aromatic rings. The predicted molar refractivity (Wildman–Crippen MR) is 88.6 cm³/mol. The van der Waals surface area contributed by atoms with Gasteiger partial charge in [0.2, 0.25) is 0 Å². The lowest BCUT2D eigenvalue weighted by Crippen LogP contribution is -2.55. The van der Waals surface area contributed by atoms with Gasteiger partial charge in [-0.1, -0.05) is 23.2 Å². The van der Waals surface area contributed by atoms with E-state index in [2.05, 4.69) is 5.43 Å². The van der Waals surface area contributed by atoms with Crippen molar-refractivity contribution >= 4 is 35.0 Å². The zero-order valence-electron chi connectivity index (χ0n) is 12.9. The van der Waals surface area contributed by atoms with Crippen LogP contribution in [0.1, 0.15) is 41.7 Å². The summed E-state index contributed by atoms with van der Waals surface area (Å²) in [4.78, 5) is 25.0. The van der Waals surface area contributed by atoms with E-state index < -0.39 is 17.4 Å². The Morgan fingerprint density at radius 1 is 1.17 bits per heavy atom. The molecule has 0 unspecified atom stereocenters. The van der Waals surface area contributed by atoms with Gasteiger partial charge in [-0.25, -0.2) is 5.01 Å². The first-order chi connectivity index (χ1) is 10.7. The van der Waals surface area contributed by atoms with Gasteiger partial charge < -0.3 is 4.42 Å². The molecule has 0 spiro atoms. The van der Waals surface area contributed by atoms with E-state index in [4.69, 9.17) is 27.6 Å². The van der Waals surface area contributed by atoms with Crippen molar-refractivity contribution in [1.82, 2.24) is 10.4 Å². The summed E-state index contributed by atoms with van der Waals surface area (Å²) in [7, 11) is 0. The molecule has 0 aliphatic rings. The smallest absolute Gasteiger partial charge is 0.305 e. The maximum absolute atomic E-state index is 12.8. The number of carbonyl (C=O) groups is 2. The Balaban J connectivity index is 2.31. The van der Waals surface area contributed by atoms with Crippen molar-refractivity contribution < 1.29 is 14.0 Å². The molecule has 0 bridgehead atoms. The monoisotopic (exact) mass is 354 g/mol. The van der Waals surface area contributed by atoms with Gasteiger partial charge in [0, 0.05) is 5.02 Å². The Bertz CT molecular complexity index is 721. The summed E-state index contributed by atoms with van der Waals surface area (Å²) in [6, 6.07) is 7.66. The van der Waals surface area contributed by atoms with Gasteiger partial charge in [0.15, 0.2) is 5.76 Å². The summed E-state index contributed by atoms with van der Waals surface area (Å²) < 4.78 is 5.04. The second-order valence-electron chi connectivity index (χ2n) is 5.85. The fourth-order valence-electron chi connectivity index (χ4n) is 1.87. The van der Waals surface area contributed by atoms with E-state index >= 15 is 0 Å². The zero-order valence-corrected chi connectivity index (χ0v) is 14.4. The topological polar surface area (TPSA) is 62.6 Å². The van der Waals surface area contributed by atoms with Crippen LogP contribution in [0.2, 0.25) is 10.0 Å². The molecule has 2 rings (SSSR count). The molecule has 1 aromatic heterocycles. The molecule has 1 heterocycles. The molecule has 23 heavy (non-hydrogen) atoms. The molecule has 0 saturated carbocycles. The highest BCUT2D eigenvalue weighted by atomic mass is 35.5. The minimum Gasteiger partial charge on any atom is -0.459 e. The number of benzene rings is 1. The van der Waals surface area contributed by atoms with Crippen molar-refractivity contribution in [2.24, 2.45) is 0 Å². The van der Waals surface area contributed by atoms with Crippen LogP contribution in [-0.4, -0.2) is 22.4 Å². The Hall–Kier alpha value is -1.98. The first kappa shape index (κ1) is 17.4. The molecule has 1 aromatic carbocycles. The number of hydrazine groups is 1. The largest absolute Gasteiger partial charge is 0.459 e. The fraction of sp³-hybridized carbons (Fsp3) is 0.250. The van der Waals surface area contributed by atoms with Gasteiger partial charge >= 0.3 is 5.91 Å². The second kappa shape index (κ2) is 6.64. The van der Waals surface area contributed by atoms with Crippen LogP contribution in [0, 0.1) is 0 Å². The van der Waals surface area contributed by atoms with Crippen LogP contribution in [0.4, 0.5) is 0 Å². The van der Waals surface area contributed by atoms with Gasteiger partial charge in [-0.3, -0.25) is 15.0 Å². The number of nitrogens with zero attached hydrogens (tertiary/aromatic N) is 1. The third-order valence-corrected chi connectivity index (χ3v) is 3.54. The first-order valence-corrected chi connectivity index (χ1v) is 7.60. The van der Waals surface area contributed by atoms with Gasteiger partial charge in [0.1, 0.15) is 0 Å². The molecule has 122 valence electrons. The molecule has 1 N–H and O–H groups in total. The molecule has 0 aliphatic carbocycles. The molecule has 0 atom stereocenters. The highest BCUT2D eigenvalue weighted by Crippen LogP contribution is 2.24. The number of carbonyl (C=O) groups excluding carboxylic acids is 2. The highest BCUT2D eigenvalue weighted by Gasteiger charge is 2.31.